The largest absolute Gasteiger partial charge is 0.389 e. The second-order valence-corrected chi connectivity index (χ2v) is 4.86. The van der Waals surface area contributed by atoms with Crippen molar-refractivity contribution < 1.29 is 14.2 Å². The Balaban J connectivity index is 1.57. The maximum Gasteiger partial charge on any atom is 0.127 e. The van der Waals surface area contributed by atoms with E-state index in [1.807, 2.05) is 0 Å². The van der Waals surface area contributed by atoms with Crippen LogP contribution in [0.3, 0.4) is 0 Å². The number of rotatable bonds is 8. The summed E-state index contributed by atoms with van der Waals surface area (Å²) >= 11 is 0. The molecule has 1 aliphatic rings. The molecule has 2 N–H and O–H groups in total. The van der Waals surface area contributed by atoms with Gasteiger partial charge in [0.05, 0.1) is 12.7 Å². The van der Waals surface area contributed by atoms with E-state index in [0.717, 1.165) is 6.61 Å². The Kier molecular flexibility index (Phi) is 5.11. The molecule has 0 spiro atoms. The van der Waals surface area contributed by atoms with E-state index in [4.69, 9.17) is 4.74 Å². The van der Waals surface area contributed by atoms with E-state index >= 15 is 0 Å². The molecule has 0 amide bonds. The zero-order valence-corrected chi connectivity index (χ0v) is 10.4. The number of hydrogen-bond donors (Lipinski definition) is 2. The molecule has 18 heavy (non-hydrogen) atoms. The number of hydrogen-bond acceptors (Lipinski definition) is 3. The third-order valence-electron chi connectivity index (χ3n) is 3.01. The molecule has 4 heteroatoms. The highest BCUT2D eigenvalue weighted by Gasteiger charge is 2.21. The molecule has 2 rings (SSSR count). The number of ether oxygens (including phenoxy) is 1. The Labute approximate surface area is 107 Å². The molecule has 1 aromatic rings. The molecule has 1 fully saturated rings. The van der Waals surface area contributed by atoms with Crippen molar-refractivity contribution in [3.05, 3.63) is 35.6 Å². The fraction of sp³-hybridized carbons (Fsp3) is 0.571. The zero-order chi connectivity index (χ0) is 12.8. The van der Waals surface area contributed by atoms with Gasteiger partial charge in [0.25, 0.3) is 0 Å². The lowest BCUT2D eigenvalue weighted by Gasteiger charge is -2.12. The Hall–Kier alpha value is -0.970. The molecule has 1 atom stereocenters. The second-order valence-electron chi connectivity index (χ2n) is 4.86. The lowest BCUT2D eigenvalue weighted by Crippen LogP contribution is -2.30. The van der Waals surface area contributed by atoms with Gasteiger partial charge in [-0.25, -0.2) is 4.39 Å². The smallest absolute Gasteiger partial charge is 0.127 e. The Morgan fingerprint density at radius 1 is 1.39 bits per heavy atom. The molecule has 1 aliphatic carbocycles. The van der Waals surface area contributed by atoms with Crippen molar-refractivity contribution in [1.82, 2.24) is 5.32 Å². The van der Waals surface area contributed by atoms with Crippen LogP contribution in [0.2, 0.25) is 0 Å². The fourth-order valence-corrected chi connectivity index (χ4v) is 1.73. The summed E-state index contributed by atoms with van der Waals surface area (Å²) in [6.45, 7) is 1.94. The topological polar surface area (TPSA) is 41.5 Å². The minimum atomic E-state index is -0.532. The molecule has 0 aliphatic heterocycles. The molecular formula is C14H20FNO2. The minimum Gasteiger partial charge on any atom is -0.389 e. The first-order chi connectivity index (χ1) is 8.75. The van der Waals surface area contributed by atoms with Gasteiger partial charge < -0.3 is 15.2 Å². The number of aliphatic hydroxyl groups is 1. The SMILES string of the molecule is OC(CNCc1ccccc1F)COCC1CC1. The number of aliphatic hydroxyl groups excluding tert-OH is 1. The highest BCUT2D eigenvalue weighted by Crippen LogP contribution is 2.28. The first-order valence-electron chi connectivity index (χ1n) is 6.45. The van der Waals surface area contributed by atoms with Crippen molar-refractivity contribution in [2.24, 2.45) is 5.92 Å². The van der Waals surface area contributed by atoms with Crippen LogP contribution in [0.5, 0.6) is 0 Å². The summed E-state index contributed by atoms with van der Waals surface area (Å²) < 4.78 is 18.7. The van der Waals surface area contributed by atoms with E-state index in [-0.39, 0.29) is 5.82 Å². The van der Waals surface area contributed by atoms with Crippen LogP contribution in [-0.2, 0) is 11.3 Å². The van der Waals surface area contributed by atoms with E-state index in [2.05, 4.69) is 5.32 Å². The molecule has 0 heterocycles. The van der Waals surface area contributed by atoms with Crippen molar-refractivity contribution in [3.8, 4) is 0 Å². The zero-order valence-electron chi connectivity index (χ0n) is 10.4. The van der Waals surface area contributed by atoms with Gasteiger partial charge in [0, 0.05) is 25.3 Å². The molecule has 0 radical (unpaired) electrons. The monoisotopic (exact) mass is 253 g/mol. The summed E-state index contributed by atoms with van der Waals surface area (Å²) in [6.07, 6.45) is 1.97. The van der Waals surface area contributed by atoms with Crippen molar-refractivity contribution >= 4 is 0 Å². The van der Waals surface area contributed by atoms with Gasteiger partial charge in [-0.2, -0.15) is 0 Å². The maximum atomic E-state index is 13.3. The summed E-state index contributed by atoms with van der Waals surface area (Å²) in [5.41, 5.74) is 0.614. The maximum absolute atomic E-state index is 13.3. The molecule has 1 saturated carbocycles. The van der Waals surface area contributed by atoms with E-state index in [1.54, 1.807) is 18.2 Å². The quantitative estimate of drug-likeness (QED) is 0.741. The number of nitrogens with one attached hydrogen (secondary N) is 1. The van der Waals surface area contributed by atoms with Gasteiger partial charge in [-0.05, 0) is 24.8 Å². The second kappa shape index (κ2) is 6.83. The Bertz CT molecular complexity index is 369. The standard InChI is InChI=1S/C14H20FNO2/c15-14-4-2-1-3-12(14)7-16-8-13(17)10-18-9-11-5-6-11/h1-4,11,13,16-17H,5-10H2. The molecule has 100 valence electrons. The normalized spacial score (nSPS) is 16.8. The van der Waals surface area contributed by atoms with Gasteiger partial charge in [-0.1, -0.05) is 18.2 Å². The van der Waals surface area contributed by atoms with Gasteiger partial charge in [0.1, 0.15) is 5.82 Å². The first-order valence-corrected chi connectivity index (χ1v) is 6.45. The van der Waals surface area contributed by atoms with Gasteiger partial charge >= 0.3 is 0 Å². The van der Waals surface area contributed by atoms with Crippen LogP contribution in [-0.4, -0.2) is 31.0 Å². The highest BCUT2D eigenvalue weighted by atomic mass is 19.1. The van der Waals surface area contributed by atoms with Crippen LogP contribution in [0.15, 0.2) is 24.3 Å². The van der Waals surface area contributed by atoms with Crippen molar-refractivity contribution in [3.63, 3.8) is 0 Å². The number of benzene rings is 1. The predicted molar refractivity (Wildman–Crippen MR) is 67.7 cm³/mol. The molecular weight excluding hydrogens is 233 g/mol. The fourth-order valence-electron chi connectivity index (χ4n) is 1.73. The van der Waals surface area contributed by atoms with Gasteiger partial charge in [-0.3, -0.25) is 0 Å². The van der Waals surface area contributed by atoms with Gasteiger partial charge in [0.15, 0.2) is 0 Å². The molecule has 0 aromatic heterocycles. The summed E-state index contributed by atoms with van der Waals surface area (Å²) in [7, 11) is 0. The van der Waals surface area contributed by atoms with Crippen LogP contribution in [0, 0.1) is 11.7 Å². The average Bonchev–Trinajstić information content (AvgIpc) is 3.16. The van der Waals surface area contributed by atoms with E-state index in [0.29, 0.717) is 31.2 Å². The summed E-state index contributed by atoms with van der Waals surface area (Å²) in [5, 5.41) is 12.7. The molecule has 1 unspecified atom stereocenters. The van der Waals surface area contributed by atoms with E-state index < -0.39 is 6.10 Å². The predicted octanol–water partition coefficient (Wildman–Crippen LogP) is 1.70. The third-order valence-corrected chi connectivity index (χ3v) is 3.01. The summed E-state index contributed by atoms with van der Waals surface area (Å²) in [5.74, 6) is 0.494. The van der Waals surface area contributed by atoms with Crippen molar-refractivity contribution in [2.45, 2.75) is 25.5 Å². The van der Waals surface area contributed by atoms with Gasteiger partial charge in [-0.15, -0.1) is 0 Å². The Morgan fingerprint density at radius 2 is 2.17 bits per heavy atom. The van der Waals surface area contributed by atoms with Gasteiger partial charge in [0.2, 0.25) is 0 Å². The van der Waals surface area contributed by atoms with Crippen LogP contribution in [0.1, 0.15) is 18.4 Å². The van der Waals surface area contributed by atoms with E-state index in [1.165, 1.54) is 18.9 Å². The van der Waals surface area contributed by atoms with Crippen LogP contribution in [0.25, 0.3) is 0 Å². The first kappa shape index (κ1) is 13.5. The van der Waals surface area contributed by atoms with Crippen molar-refractivity contribution in [2.75, 3.05) is 19.8 Å². The molecule has 0 bridgehead atoms. The Morgan fingerprint density at radius 3 is 2.89 bits per heavy atom. The summed E-state index contributed by atoms with van der Waals surface area (Å²) in [6, 6.07) is 6.64. The highest BCUT2D eigenvalue weighted by molar-refractivity contribution is 5.16. The number of halogens is 1. The van der Waals surface area contributed by atoms with Crippen molar-refractivity contribution in [1.29, 1.82) is 0 Å². The molecule has 1 aromatic carbocycles. The van der Waals surface area contributed by atoms with E-state index in [9.17, 15) is 9.50 Å². The van der Waals surface area contributed by atoms with Crippen LogP contribution >= 0.6 is 0 Å². The third kappa shape index (κ3) is 4.72. The molecule has 3 nitrogen and oxygen atoms in total. The lowest BCUT2D eigenvalue weighted by molar-refractivity contribution is 0.0324. The molecule has 0 saturated heterocycles. The lowest BCUT2D eigenvalue weighted by atomic mass is 10.2. The van der Waals surface area contributed by atoms with Crippen LogP contribution < -0.4 is 5.32 Å². The summed E-state index contributed by atoms with van der Waals surface area (Å²) in [4.78, 5) is 0. The minimum absolute atomic E-state index is 0.218. The average molecular weight is 253 g/mol. The van der Waals surface area contributed by atoms with Crippen LogP contribution in [0.4, 0.5) is 4.39 Å².